The number of rotatable bonds is 5. The van der Waals surface area contributed by atoms with Gasteiger partial charge >= 0.3 is 0 Å². The molecule has 1 spiro atoms. The molecular weight excluding hydrogens is 408 g/mol. The smallest absolute Gasteiger partial charge is 0.250 e. The normalized spacial score (nSPS) is 30.6. The first-order valence-corrected chi connectivity index (χ1v) is 10.6. The van der Waals surface area contributed by atoms with E-state index >= 15 is 0 Å². The molecule has 0 aliphatic carbocycles. The Labute approximate surface area is 179 Å². The average Bonchev–Trinajstić information content (AvgIpc) is 3.25. The van der Waals surface area contributed by atoms with Crippen LogP contribution in [-0.4, -0.2) is 40.6 Å². The molecule has 4 rings (SSSR count). The number of amides is 4. The van der Waals surface area contributed by atoms with Gasteiger partial charge in [-0.2, -0.15) is 0 Å². The van der Waals surface area contributed by atoms with Crippen molar-refractivity contribution in [3.8, 4) is 0 Å². The molecule has 0 saturated carbocycles. The lowest BCUT2D eigenvalue weighted by molar-refractivity contribution is -0.145. The third-order valence-corrected chi connectivity index (χ3v) is 6.99. The number of nitrogens with one attached hydrogen (secondary N) is 2. The summed E-state index contributed by atoms with van der Waals surface area (Å²) in [5.74, 6) is -3.24. The number of imide groups is 1. The van der Waals surface area contributed by atoms with Crippen LogP contribution in [0.15, 0.2) is 12.1 Å². The number of benzene rings is 1. The molecule has 8 nitrogen and oxygen atoms in total. The molecule has 1 aromatic rings. The molecule has 1 aromatic carbocycles. The van der Waals surface area contributed by atoms with Crippen molar-refractivity contribution in [3.63, 3.8) is 0 Å². The first kappa shape index (κ1) is 20.8. The van der Waals surface area contributed by atoms with Crippen LogP contribution >= 0.6 is 11.6 Å². The van der Waals surface area contributed by atoms with Gasteiger partial charge in [0.15, 0.2) is 0 Å². The van der Waals surface area contributed by atoms with Crippen molar-refractivity contribution in [1.29, 1.82) is 0 Å². The predicted octanol–water partition coefficient (Wildman–Crippen LogP) is 1.43. The Balaban J connectivity index is 1.88. The second-order valence-electron chi connectivity index (χ2n) is 8.49. The van der Waals surface area contributed by atoms with E-state index < -0.39 is 35.2 Å². The first-order chi connectivity index (χ1) is 14.1. The number of hydrogen-bond donors (Lipinski definition) is 3. The molecule has 2 saturated heterocycles. The maximum atomic E-state index is 13.5. The van der Waals surface area contributed by atoms with E-state index in [2.05, 4.69) is 10.6 Å². The van der Waals surface area contributed by atoms with Gasteiger partial charge in [0, 0.05) is 24.1 Å². The summed E-state index contributed by atoms with van der Waals surface area (Å²) in [6, 6.07) is 2.74. The summed E-state index contributed by atoms with van der Waals surface area (Å²) in [5, 5.41) is 6.47. The minimum absolute atomic E-state index is 0.0464. The molecule has 9 heteroatoms. The molecule has 30 heavy (non-hydrogen) atoms. The zero-order valence-corrected chi connectivity index (χ0v) is 17.9. The molecule has 3 heterocycles. The van der Waals surface area contributed by atoms with Crippen LogP contribution in [0.3, 0.4) is 0 Å². The van der Waals surface area contributed by atoms with Crippen molar-refractivity contribution in [2.75, 3.05) is 5.32 Å². The highest BCUT2D eigenvalue weighted by molar-refractivity contribution is 6.35. The van der Waals surface area contributed by atoms with Gasteiger partial charge in [-0.05, 0) is 38.3 Å². The van der Waals surface area contributed by atoms with Crippen LogP contribution in [0.25, 0.3) is 0 Å². The zero-order chi connectivity index (χ0) is 22.0. The van der Waals surface area contributed by atoms with Crippen molar-refractivity contribution in [2.24, 2.45) is 17.6 Å². The molecule has 160 valence electrons. The molecule has 4 amide bonds. The number of likely N-dealkylation sites (tertiary alicyclic amines) is 1. The maximum Gasteiger partial charge on any atom is 0.250 e. The van der Waals surface area contributed by atoms with Crippen LogP contribution < -0.4 is 16.4 Å². The minimum atomic E-state index is -1.41. The van der Waals surface area contributed by atoms with Crippen LogP contribution in [-0.2, 0) is 24.7 Å². The second-order valence-corrected chi connectivity index (χ2v) is 8.90. The number of nitrogens with two attached hydrogens (primary N) is 1. The molecule has 3 aliphatic rings. The standard InChI is InChI=1S/C21H25ClN4O4/c1-4-10(3)26-18(28)15-13(5-6-14(23)27)25-21(16(15)19(26)29)11-7-9(2)8-12(22)17(11)24-20(21)30/h7-8,10,13,15-16,25H,4-6H2,1-3H3,(H2,23,27)(H,24,30). The Hall–Kier alpha value is -2.45. The van der Waals surface area contributed by atoms with E-state index in [1.54, 1.807) is 6.07 Å². The lowest BCUT2D eigenvalue weighted by atomic mass is 9.76. The summed E-state index contributed by atoms with van der Waals surface area (Å²) < 4.78 is 0. The number of carbonyl (C=O) groups is 4. The second kappa shape index (κ2) is 7.06. The number of fused-ring (bicyclic) bond motifs is 4. The Morgan fingerprint density at radius 2 is 2.00 bits per heavy atom. The topological polar surface area (TPSA) is 122 Å². The van der Waals surface area contributed by atoms with Gasteiger partial charge < -0.3 is 11.1 Å². The fourth-order valence-corrected chi connectivity index (χ4v) is 5.50. The molecule has 0 aromatic heterocycles. The van der Waals surface area contributed by atoms with Gasteiger partial charge in [0.1, 0.15) is 5.54 Å². The lowest BCUT2D eigenvalue weighted by Gasteiger charge is -2.31. The first-order valence-electron chi connectivity index (χ1n) is 10.2. The number of aryl methyl sites for hydroxylation is 1. The highest BCUT2D eigenvalue weighted by Gasteiger charge is 2.70. The van der Waals surface area contributed by atoms with Gasteiger partial charge in [0.2, 0.25) is 23.6 Å². The minimum Gasteiger partial charge on any atom is -0.370 e. The summed E-state index contributed by atoms with van der Waals surface area (Å²) in [5.41, 5.74) is 5.78. The Kier molecular flexibility index (Phi) is 4.90. The quantitative estimate of drug-likeness (QED) is 0.607. The van der Waals surface area contributed by atoms with E-state index in [0.29, 0.717) is 22.7 Å². The van der Waals surface area contributed by atoms with Crippen molar-refractivity contribution in [2.45, 2.75) is 57.7 Å². The van der Waals surface area contributed by atoms with E-state index in [9.17, 15) is 19.2 Å². The summed E-state index contributed by atoms with van der Waals surface area (Å²) in [4.78, 5) is 52.9. The average molecular weight is 433 g/mol. The fraction of sp³-hybridized carbons (Fsp3) is 0.524. The summed E-state index contributed by atoms with van der Waals surface area (Å²) in [6.07, 6.45) is 0.912. The Bertz CT molecular complexity index is 980. The van der Waals surface area contributed by atoms with Crippen LogP contribution in [0.5, 0.6) is 0 Å². The molecule has 0 radical (unpaired) electrons. The zero-order valence-electron chi connectivity index (χ0n) is 17.1. The molecule has 2 fully saturated rings. The highest BCUT2D eigenvalue weighted by atomic mass is 35.5. The number of primary amides is 1. The van der Waals surface area contributed by atoms with Gasteiger partial charge in [-0.3, -0.25) is 29.4 Å². The predicted molar refractivity (Wildman–Crippen MR) is 110 cm³/mol. The van der Waals surface area contributed by atoms with Gasteiger partial charge in [0.25, 0.3) is 0 Å². The number of carbonyl (C=O) groups excluding carboxylic acids is 4. The SMILES string of the molecule is CCC(C)N1C(=O)C2C(CCC(N)=O)NC3(C(=O)Nc4c(Cl)cc(C)cc43)C2C1=O. The number of hydrogen-bond acceptors (Lipinski definition) is 5. The Morgan fingerprint density at radius 1 is 1.30 bits per heavy atom. The van der Waals surface area contributed by atoms with Gasteiger partial charge in [0.05, 0.1) is 22.5 Å². The third kappa shape index (κ3) is 2.70. The number of halogens is 1. The highest BCUT2D eigenvalue weighted by Crippen LogP contribution is 2.55. The van der Waals surface area contributed by atoms with Crippen molar-refractivity contribution in [1.82, 2.24) is 10.2 Å². The summed E-state index contributed by atoms with van der Waals surface area (Å²) in [6.45, 7) is 5.57. The monoisotopic (exact) mass is 432 g/mol. The number of nitrogens with zero attached hydrogens (tertiary/aromatic N) is 1. The van der Waals surface area contributed by atoms with Gasteiger partial charge in [-0.25, -0.2) is 0 Å². The van der Waals surface area contributed by atoms with E-state index in [-0.39, 0.29) is 30.7 Å². The van der Waals surface area contributed by atoms with Crippen LogP contribution in [0.1, 0.15) is 44.2 Å². The van der Waals surface area contributed by atoms with Gasteiger partial charge in [-0.15, -0.1) is 0 Å². The number of anilines is 1. The van der Waals surface area contributed by atoms with Crippen molar-refractivity contribution in [3.05, 3.63) is 28.3 Å². The van der Waals surface area contributed by atoms with E-state index in [1.165, 1.54) is 4.90 Å². The molecular formula is C21H25ClN4O4. The van der Waals surface area contributed by atoms with Crippen LogP contribution in [0.4, 0.5) is 5.69 Å². The van der Waals surface area contributed by atoms with Crippen molar-refractivity contribution >= 4 is 40.9 Å². The van der Waals surface area contributed by atoms with E-state index in [1.807, 2.05) is 26.8 Å². The van der Waals surface area contributed by atoms with Gasteiger partial charge in [-0.1, -0.05) is 24.6 Å². The Morgan fingerprint density at radius 3 is 2.63 bits per heavy atom. The molecule has 4 N–H and O–H groups in total. The fourth-order valence-electron chi connectivity index (χ4n) is 5.18. The van der Waals surface area contributed by atoms with E-state index in [4.69, 9.17) is 17.3 Å². The third-order valence-electron chi connectivity index (χ3n) is 6.69. The van der Waals surface area contributed by atoms with Crippen molar-refractivity contribution < 1.29 is 19.2 Å². The lowest BCUT2D eigenvalue weighted by Crippen LogP contribution is -2.54. The molecule has 5 atom stereocenters. The summed E-state index contributed by atoms with van der Waals surface area (Å²) >= 11 is 6.38. The summed E-state index contributed by atoms with van der Waals surface area (Å²) in [7, 11) is 0. The van der Waals surface area contributed by atoms with E-state index in [0.717, 1.165) is 5.56 Å². The van der Waals surface area contributed by atoms with Crippen LogP contribution in [0.2, 0.25) is 5.02 Å². The largest absolute Gasteiger partial charge is 0.370 e. The maximum absolute atomic E-state index is 13.5. The molecule has 3 aliphatic heterocycles. The molecule has 0 bridgehead atoms. The molecule has 5 unspecified atom stereocenters. The van der Waals surface area contributed by atoms with Crippen LogP contribution in [0, 0.1) is 18.8 Å².